The van der Waals surface area contributed by atoms with Crippen LogP contribution in [0.2, 0.25) is 0 Å². The molecule has 0 aliphatic rings. The Morgan fingerprint density at radius 1 is 0.769 bits per heavy atom. The van der Waals surface area contributed by atoms with Crippen LogP contribution in [0.15, 0.2) is 60.9 Å². The standard InChI is InChI=1S/C20H16N2O3Se/c1-23-14-5-3-13(4-6-14)18-11-17-19(26-18)20(22-12-21-17)25-16-9-7-15(24-2)8-10-16/h3-12H,1-2H3. The van der Waals surface area contributed by atoms with Crippen LogP contribution in [0.25, 0.3) is 19.8 Å². The summed E-state index contributed by atoms with van der Waals surface area (Å²) in [7, 11) is 3.31. The predicted octanol–water partition coefficient (Wildman–Crippen LogP) is 4.16. The molecule has 0 atom stereocenters. The summed E-state index contributed by atoms with van der Waals surface area (Å²) in [6.07, 6.45) is 1.54. The second kappa shape index (κ2) is 7.20. The molecule has 130 valence electrons. The number of ether oxygens (including phenoxy) is 3. The maximum absolute atomic E-state index is 6.00. The molecule has 2 heterocycles. The van der Waals surface area contributed by atoms with Gasteiger partial charge in [-0.1, -0.05) is 0 Å². The van der Waals surface area contributed by atoms with Crippen molar-refractivity contribution in [3.05, 3.63) is 60.9 Å². The summed E-state index contributed by atoms with van der Waals surface area (Å²) in [5.41, 5.74) is 2.09. The van der Waals surface area contributed by atoms with Crippen molar-refractivity contribution in [2.75, 3.05) is 14.2 Å². The van der Waals surface area contributed by atoms with E-state index < -0.39 is 0 Å². The van der Waals surface area contributed by atoms with Crippen molar-refractivity contribution in [3.8, 4) is 33.1 Å². The molecule has 0 aliphatic heterocycles. The number of nitrogens with zero attached hydrogens (tertiary/aromatic N) is 2. The maximum atomic E-state index is 6.00. The van der Waals surface area contributed by atoms with Gasteiger partial charge in [-0.05, 0) is 0 Å². The van der Waals surface area contributed by atoms with E-state index in [-0.39, 0.29) is 14.5 Å². The van der Waals surface area contributed by atoms with Crippen LogP contribution in [0.4, 0.5) is 0 Å². The van der Waals surface area contributed by atoms with Crippen LogP contribution in [-0.2, 0) is 0 Å². The molecule has 2 aromatic heterocycles. The third kappa shape index (κ3) is 3.29. The van der Waals surface area contributed by atoms with Crippen LogP contribution in [0.3, 0.4) is 0 Å². The van der Waals surface area contributed by atoms with Gasteiger partial charge in [0, 0.05) is 0 Å². The van der Waals surface area contributed by atoms with Crippen LogP contribution in [0.5, 0.6) is 23.1 Å². The van der Waals surface area contributed by atoms with Crippen molar-refractivity contribution in [1.29, 1.82) is 0 Å². The van der Waals surface area contributed by atoms with Crippen molar-refractivity contribution in [1.82, 2.24) is 9.97 Å². The van der Waals surface area contributed by atoms with Gasteiger partial charge in [0.25, 0.3) is 0 Å². The van der Waals surface area contributed by atoms with E-state index in [1.54, 1.807) is 20.5 Å². The van der Waals surface area contributed by atoms with Crippen molar-refractivity contribution < 1.29 is 14.2 Å². The van der Waals surface area contributed by atoms with Gasteiger partial charge in [0.1, 0.15) is 0 Å². The van der Waals surface area contributed by atoms with E-state index in [0.717, 1.165) is 27.0 Å². The first-order valence-electron chi connectivity index (χ1n) is 7.97. The molecule has 4 aromatic rings. The second-order valence-electron chi connectivity index (χ2n) is 5.51. The molecule has 26 heavy (non-hydrogen) atoms. The Kier molecular flexibility index (Phi) is 4.61. The average molecular weight is 411 g/mol. The van der Waals surface area contributed by atoms with Crippen molar-refractivity contribution >= 4 is 24.3 Å². The molecular weight excluding hydrogens is 395 g/mol. The summed E-state index contributed by atoms with van der Waals surface area (Å²) >= 11 is 0.0764. The third-order valence-corrected chi connectivity index (χ3v) is 6.36. The third-order valence-electron chi connectivity index (χ3n) is 3.93. The first-order valence-corrected chi connectivity index (χ1v) is 9.69. The fourth-order valence-corrected chi connectivity index (χ4v) is 4.75. The first kappa shape index (κ1) is 16.6. The number of hydrogen-bond donors (Lipinski definition) is 0. The van der Waals surface area contributed by atoms with E-state index >= 15 is 0 Å². The molecule has 0 amide bonds. The number of methoxy groups -OCH3 is 2. The van der Waals surface area contributed by atoms with Crippen LogP contribution in [0.1, 0.15) is 0 Å². The second-order valence-corrected chi connectivity index (χ2v) is 7.72. The van der Waals surface area contributed by atoms with Crippen LogP contribution >= 0.6 is 0 Å². The minimum absolute atomic E-state index is 0.0764. The van der Waals surface area contributed by atoms with Gasteiger partial charge >= 0.3 is 157 Å². The molecule has 0 aliphatic carbocycles. The number of fused-ring (bicyclic) bond motifs is 1. The summed E-state index contributed by atoms with van der Waals surface area (Å²) in [6.45, 7) is 0. The Balaban J connectivity index is 1.68. The Labute approximate surface area is 156 Å². The fourth-order valence-electron chi connectivity index (χ4n) is 2.56. The van der Waals surface area contributed by atoms with Crippen LogP contribution in [-0.4, -0.2) is 38.7 Å². The molecule has 0 N–H and O–H groups in total. The molecule has 6 heteroatoms. The summed E-state index contributed by atoms with van der Waals surface area (Å²) in [5, 5.41) is 0. The van der Waals surface area contributed by atoms with Crippen molar-refractivity contribution in [2.24, 2.45) is 0 Å². The zero-order chi connectivity index (χ0) is 17.9. The quantitative estimate of drug-likeness (QED) is 0.462. The number of aromatic nitrogens is 2. The Morgan fingerprint density at radius 2 is 1.38 bits per heavy atom. The van der Waals surface area contributed by atoms with Gasteiger partial charge in [0.05, 0.1) is 0 Å². The molecule has 0 bridgehead atoms. The molecule has 5 nitrogen and oxygen atoms in total. The van der Waals surface area contributed by atoms with Gasteiger partial charge < -0.3 is 0 Å². The number of rotatable bonds is 5. The monoisotopic (exact) mass is 412 g/mol. The van der Waals surface area contributed by atoms with Crippen molar-refractivity contribution in [3.63, 3.8) is 0 Å². The Morgan fingerprint density at radius 3 is 2.04 bits per heavy atom. The summed E-state index contributed by atoms with van der Waals surface area (Å²) in [4.78, 5) is 8.74. The van der Waals surface area contributed by atoms with E-state index in [1.807, 2.05) is 36.4 Å². The molecule has 4 rings (SSSR count). The summed E-state index contributed by atoms with van der Waals surface area (Å²) in [6, 6.07) is 17.6. The molecule has 0 saturated heterocycles. The van der Waals surface area contributed by atoms with Gasteiger partial charge in [-0.15, -0.1) is 0 Å². The predicted molar refractivity (Wildman–Crippen MR) is 102 cm³/mol. The fraction of sp³-hybridized carbons (Fsp3) is 0.100. The average Bonchev–Trinajstić information content (AvgIpc) is 3.14. The summed E-state index contributed by atoms with van der Waals surface area (Å²) in [5.74, 6) is 2.97. The van der Waals surface area contributed by atoms with Crippen molar-refractivity contribution in [2.45, 2.75) is 0 Å². The molecule has 0 radical (unpaired) electrons. The molecule has 0 fully saturated rings. The summed E-state index contributed by atoms with van der Waals surface area (Å²) < 4.78 is 18.7. The van der Waals surface area contributed by atoms with E-state index in [9.17, 15) is 0 Å². The van der Waals surface area contributed by atoms with E-state index in [2.05, 4.69) is 28.2 Å². The zero-order valence-electron chi connectivity index (χ0n) is 14.3. The molecular formula is C20H16N2O3Se. The van der Waals surface area contributed by atoms with E-state index in [0.29, 0.717) is 5.88 Å². The topological polar surface area (TPSA) is 53.5 Å². The van der Waals surface area contributed by atoms with Crippen LogP contribution in [0, 0.1) is 0 Å². The SMILES string of the molecule is COc1ccc(Oc2ncnc3cc(-c4ccc(OC)cc4)[se]c23)cc1. The van der Waals surface area contributed by atoms with Gasteiger partial charge in [-0.2, -0.15) is 0 Å². The van der Waals surface area contributed by atoms with Gasteiger partial charge in [-0.3, -0.25) is 0 Å². The normalized spacial score (nSPS) is 10.7. The molecule has 0 spiro atoms. The van der Waals surface area contributed by atoms with E-state index in [1.165, 1.54) is 10.0 Å². The Bertz CT molecular complexity index is 1030. The number of benzene rings is 2. The Hall–Kier alpha value is -2.82. The van der Waals surface area contributed by atoms with Gasteiger partial charge in [0.15, 0.2) is 0 Å². The molecule has 0 unspecified atom stereocenters. The molecule has 2 aromatic carbocycles. The van der Waals surface area contributed by atoms with Gasteiger partial charge in [-0.25, -0.2) is 0 Å². The van der Waals surface area contributed by atoms with Crippen LogP contribution < -0.4 is 14.2 Å². The number of hydrogen-bond acceptors (Lipinski definition) is 5. The van der Waals surface area contributed by atoms with Gasteiger partial charge in [0.2, 0.25) is 0 Å². The van der Waals surface area contributed by atoms with E-state index in [4.69, 9.17) is 14.2 Å². The zero-order valence-corrected chi connectivity index (χ0v) is 16.0. The minimum atomic E-state index is 0.0764. The molecule has 0 saturated carbocycles. The first-order chi connectivity index (χ1) is 12.8.